The summed E-state index contributed by atoms with van der Waals surface area (Å²) in [6.45, 7) is 0. The summed E-state index contributed by atoms with van der Waals surface area (Å²) in [6, 6.07) is 101. The van der Waals surface area contributed by atoms with Crippen molar-refractivity contribution in [2.24, 2.45) is 0 Å². The Morgan fingerprint density at radius 3 is 1.26 bits per heavy atom. The molecule has 0 aliphatic heterocycles. The summed E-state index contributed by atoms with van der Waals surface area (Å²) in [6.07, 6.45) is 0. The third-order valence-corrected chi connectivity index (χ3v) is 13.2. The van der Waals surface area contributed by atoms with Gasteiger partial charge in [-0.2, -0.15) is 0 Å². The number of benzene rings is 11. The molecule has 0 unspecified atom stereocenters. The van der Waals surface area contributed by atoms with E-state index in [1.54, 1.807) is 0 Å². The molecule has 0 amide bonds. The van der Waals surface area contributed by atoms with E-state index in [1.165, 1.54) is 66.4 Å². The van der Waals surface area contributed by atoms with Crippen LogP contribution in [0.3, 0.4) is 0 Å². The topological polar surface area (TPSA) is 8.17 Å². The van der Waals surface area contributed by atoms with Crippen molar-refractivity contribution < 1.29 is 0 Å². The molecule has 0 fully saturated rings. The van der Waals surface area contributed by atoms with Crippen LogP contribution in [-0.4, -0.2) is 4.57 Å². The molecule has 2 nitrogen and oxygen atoms in total. The zero-order valence-corrected chi connectivity index (χ0v) is 37.5. The number of para-hydroxylation sites is 2. The van der Waals surface area contributed by atoms with E-state index in [-0.39, 0.29) is 0 Å². The van der Waals surface area contributed by atoms with Crippen LogP contribution in [0, 0.1) is 0 Å². The monoisotopic (exact) mass is 866 g/mol. The van der Waals surface area contributed by atoms with Gasteiger partial charge in [-0.3, -0.25) is 0 Å². The van der Waals surface area contributed by atoms with E-state index in [9.17, 15) is 0 Å². The largest absolute Gasteiger partial charge is 0.310 e. The average molecular weight is 867 g/mol. The predicted octanol–water partition coefficient (Wildman–Crippen LogP) is 18.3. The van der Waals surface area contributed by atoms with Crippen LogP contribution in [0.2, 0.25) is 0 Å². The fraction of sp³-hybridized carbons (Fsp3) is 0. The Balaban J connectivity index is 1.10. The van der Waals surface area contributed by atoms with Crippen LogP contribution in [0.25, 0.3) is 94.3 Å². The molecule has 0 atom stereocenters. The highest BCUT2D eigenvalue weighted by Gasteiger charge is 2.23. The molecule has 0 saturated heterocycles. The molecule has 0 bridgehead atoms. The summed E-state index contributed by atoms with van der Waals surface area (Å²) in [5.41, 5.74) is 20.8. The van der Waals surface area contributed by atoms with Gasteiger partial charge < -0.3 is 9.47 Å². The molecule has 68 heavy (non-hydrogen) atoms. The highest BCUT2D eigenvalue weighted by molar-refractivity contribution is 6.11. The third-order valence-electron chi connectivity index (χ3n) is 13.2. The van der Waals surface area contributed by atoms with Gasteiger partial charge >= 0.3 is 0 Å². The quantitative estimate of drug-likeness (QED) is 0.133. The maximum atomic E-state index is 2.46. The maximum Gasteiger partial charge on any atom is 0.0561 e. The van der Waals surface area contributed by atoms with Gasteiger partial charge in [0.2, 0.25) is 0 Å². The van der Waals surface area contributed by atoms with Crippen LogP contribution in [0.1, 0.15) is 0 Å². The van der Waals surface area contributed by atoms with Gasteiger partial charge in [0, 0.05) is 33.4 Å². The van der Waals surface area contributed by atoms with Crippen molar-refractivity contribution in [1.82, 2.24) is 4.57 Å². The molecule has 1 aromatic heterocycles. The summed E-state index contributed by atoms with van der Waals surface area (Å²) in [7, 11) is 0. The Kier molecular flexibility index (Phi) is 10.6. The molecule has 0 aliphatic carbocycles. The molecule has 0 N–H and O–H groups in total. The van der Waals surface area contributed by atoms with Gasteiger partial charge in [0.25, 0.3) is 0 Å². The molecule has 1 heterocycles. The Morgan fingerprint density at radius 2 is 0.676 bits per heavy atom. The van der Waals surface area contributed by atoms with Gasteiger partial charge in [-0.15, -0.1) is 0 Å². The molecule has 0 saturated carbocycles. The second-order valence-corrected chi connectivity index (χ2v) is 17.2. The van der Waals surface area contributed by atoms with Crippen molar-refractivity contribution in [3.63, 3.8) is 0 Å². The zero-order valence-electron chi connectivity index (χ0n) is 37.5. The number of hydrogen-bond donors (Lipinski definition) is 0. The van der Waals surface area contributed by atoms with Crippen molar-refractivity contribution in [3.05, 3.63) is 279 Å². The Hall–Kier alpha value is -8.98. The lowest BCUT2D eigenvalue weighted by molar-refractivity contribution is 1.18. The van der Waals surface area contributed by atoms with Gasteiger partial charge in [0.1, 0.15) is 0 Å². The van der Waals surface area contributed by atoms with Gasteiger partial charge in [-0.25, -0.2) is 0 Å². The standard InChI is InChI=1S/C66H46N2/c1-5-22-47(23-6-1)55-32-13-15-35-58(55)50-28-21-31-53(44-50)68-64-39-20-19-38-61(64)63-43-41-54(46-66(63)68)67(52-29-11-4-12-30-52)65-45-51(59-36-16-14-33-56(59)48-24-7-2-8-25-48)40-42-62(65)60-37-18-17-34-57(60)49-26-9-3-10-27-49/h1-46H. The van der Waals surface area contributed by atoms with Crippen LogP contribution < -0.4 is 4.90 Å². The highest BCUT2D eigenvalue weighted by atomic mass is 15.1. The first kappa shape index (κ1) is 40.5. The van der Waals surface area contributed by atoms with E-state index >= 15 is 0 Å². The van der Waals surface area contributed by atoms with Gasteiger partial charge in [-0.05, 0) is 110 Å². The molecule has 320 valence electrons. The zero-order chi connectivity index (χ0) is 45.2. The molecule has 0 radical (unpaired) electrons. The summed E-state index contributed by atoms with van der Waals surface area (Å²) < 4.78 is 2.45. The number of rotatable bonds is 10. The Labute approximate surface area is 397 Å². The lowest BCUT2D eigenvalue weighted by Crippen LogP contribution is -2.12. The van der Waals surface area contributed by atoms with Crippen molar-refractivity contribution in [3.8, 4) is 72.4 Å². The van der Waals surface area contributed by atoms with Crippen LogP contribution in [0.4, 0.5) is 17.1 Å². The second kappa shape index (κ2) is 17.8. The lowest BCUT2D eigenvalue weighted by Gasteiger charge is -2.29. The van der Waals surface area contributed by atoms with E-state index in [1.807, 2.05) is 0 Å². The maximum absolute atomic E-state index is 2.46. The molecule has 11 aromatic carbocycles. The minimum atomic E-state index is 1.06. The minimum absolute atomic E-state index is 1.06. The molecular weight excluding hydrogens is 821 g/mol. The Morgan fingerprint density at radius 1 is 0.235 bits per heavy atom. The fourth-order valence-corrected chi connectivity index (χ4v) is 10.1. The Bertz CT molecular complexity index is 3720. The first-order valence-corrected chi connectivity index (χ1v) is 23.3. The lowest BCUT2D eigenvalue weighted by atomic mass is 9.89. The first-order chi connectivity index (χ1) is 33.8. The van der Waals surface area contributed by atoms with Crippen molar-refractivity contribution >= 4 is 38.9 Å². The van der Waals surface area contributed by atoms with Crippen LogP contribution in [0.15, 0.2) is 279 Å². The molecule has 0 aliphatic rings. The van der Waals surface area contributed by atoms with Crippen molar-refractivity contribution in [2.75, 3.05) is 4.90 Å². The van der Waals surface area contributed by atoms with Gasteiger partial charge in [0.05, 0.1) is 16.7 Å². The minimum Gasteiger partial charge on any atom is -0.310 e. The van der Waals surface area contributed by atoms with Gasteiger partial charge in [-0.1, -0.05) is 231 Å². The average Bonchev–Trinajstić information content (AvgIpc) is 3.76. The number of nitrogens with zero attached hydrogens (tertiary/aromatic N) is 2. The van der Waals surface area contributed by atoms with E-state index in [2.05, 4.69) is 289 Å². The number of anilines is 3. The van der Waals surface area contributed by atoms with E-state index < -0.39 is 0 Å². The smallest absolute Gasteiger partial charge is 0.0561 e. The molecular formula is C66H46N2. The number of aromatic nitrogens is 1. The van der Waals surface area contributed by atoms with Gasteiger partial charge in [0.15, 0.2) is 0 Å². The molecule has 2 heteroatoms. The fourth-order valence-electron chi connectivity index (χ4n) is 10.1. The number of fused-ring (bicyclic) bond motifs is 3. The first-order valence-electron chi connectivity index (χ1n) is 23.3. The second-order valence-electron chi connectivity index (χ2n) is 17.2. The highest BCUT2D eigenvalue weighted by Crippen LogP contribution is 2.47. The molecule has 12 rings (SSSR count). The summed E-state index contributed by atoms with van der Waals surface area (Å²) in [4.78, 5) is 2.46. The summed E-state index contributed by atoms with van der Waals surface area (Å²) in [5.74, 6) is 0. The number of hydrogen-bond acceptors (Lipinski definition) is 1. The van der Waals surface area contributed by atoms with Crippen LogP contribution >= 0.6 is 0 Å². The van der Waals surface area contributed by atoms with E-state index in [0.29, 0.717) is 0 Å². The van der Waals surface area contributed by atoms with Crippen molar-refractivity contribution in [2.45, 2.75) is 0 Å². The van der Waals surface area contributed by atoms with E-state index in [0.717, 1.165) is 44.9 Å². The van der Waals surface area contributed by atoms with Crippen LogP contribution in [0.5, 0.6) is 0 Å². The summed E-state index contributed by atoms with van der Waals surface area (Å²) in [5, 5.41) is 2.42. The normalized spacial score (nSPS) is 11.2. The van der Waals surface area contributed by atoms with Crippen LogP contribution in [-0.2, 0) is 0 Å². The summed E-state index contributed by atoms with van der Waals surface area (Å²) >= 11 is 0. The third kappa shape index (κ3) is 7.45. The molecule has 12 aromatic rings. The predicted molar refractivity (Wildman–Crippen MR) is 288 cm³/mol. The van der Waals surface area contributed by atoms with Crippen molar-refractivity contribution in [1.29, 1.82) is 0 Å². The SMILES string of the molecule is c1ccc(-c2ccccc2-c2cccc(-n3c4ccccc4c4ccc(N(c5ccccc5)c5cc(-c6ccccc6-c6ccccc6)ccc5-c5ccccc5-c5ccccc5)cc43)c2)cc1. The molecule has 0 spiro atoms. The van der Waals surface area contributed by atoms with E-state index in [4.69, 9.17) is 0 Å².